The molecule has 0 bridgehead atoms. The van der Waals surface area contributed by atoms with Gasteiger partial charge in [0.15, 0.2) is 11.5 Å². The second-order valence-electron chi connectivity index (χ2n) is 6.91. The van der Waals surface area contributed by atoms with Crippen molar-refractivity contribution in [1.29, 1.82) is 0 Å². The summed E-state index contributed by atoms with van der Waals surface area (Å²) in [5.41, 5.74) is 5.42. The van der Waals surface area contributed by atoms with Gasteiger partial charge in [0.25, 0.3) is 0 Å². The van der Waals surface area contributed by atoms with Crippen LogP contribution in [0.15, 0.2) is 48.0 Å². The van der Waals surface area contributed by atoms with E-state index in [0.717, 1.165) is 29.0 Å². The van der Waals surface area contributed by atoms with E-state index < -0.39 is 0 Å². The van der Waals surface area contributed by atoms with Crippen LogP contribution in [-0.4, -0.2) is 26.2 Å². The lowest BCUT2D eigenvalue weighted by molar-refractivity contribution is 0.287. The SMILES string of the molecule is C=C(N=C(OC)c1ccc(OCC)c(OCC)c1)c1cccc2c1CCC2C. The van der Waals surface area contributed by atoms with Gasteiger partial charge < -0.3 is 14.2 Å². The van der Waals surface area contributed by atoms with E-state index in [1.807, 2.05) is 32.0 Å². The minimum absolute atomic E-state index is 0.512. The summed E-state index contributed by atoms with van der Waals surface area (Å²) >= 11 is 0. The Kier molecular flexibility index (Phi) is 6.40. The van der Waals surface area contributed by atoms with Crippen molar-refractivity contribution in [3.63, 3.8) is 0 Å². The zero-order valence-corrected chi connectivity index (χ0v) is 17.2. The van der Waals surface area contributed by atoms with E-state index in [2.05, 4.69) is 31.7 Å². The van der Waals surface area contributed by atoms with Gasteiger partial charge in [0.2, 0.25) is 5.90 Å². The van der Waals surface area contributed by atoms with Crippen LogP contribution in [0.5, 0.6) is 11.5 Å². The molecule has 28 heavy (non-hydrogen) atoms. The number of rotatable bonds is 7. The van der Waals surface area contributed by atoms with Crippen molar-refractivity contribution in [3.8, 4) is 11.5 Å². The molecule has 4 nitrogen and oxygen atoms in total. The second-order valence-corrected chi connectivity index (χ2v) is 6.91. The summed E-state index contributed by atoms with van der Waals surface area (Å²) in [4.78, 5) is 4.72. The second kappa shape index (κ2) is 8.96. The summed E-state index contributed by atoms with van der Waals surface area (Å²) in [6, 6.07) is 12.1. The summed E-state index contributed by atoms with van der Waals surface area (Å²) in [5.74, 6) is 2.51. The summed E-state index contributed by atoms with van der Waals surface area (Å²) in [6.45, 7) is 11.5. The fourth-order valence-electron chi connectivity index (χ4n) is 3.73. The molecule has 1 unspecified atom stereocenters. The number of aliphatic imine (C=N–C) groups is 1. The topological polar surface area (TPSA) is 40.0 Å². The van der Waals surface area contributed by atoms with Gasteiger partial charge in [-0.2, -0.15) is 0 Å². The molecule has 0 amide bonds. The highest BCUT2D eigenvalue weighted by molar-refractivity contribution is 5.98. The largest absolute Gasteiger partial charge is 0.490 e. The number of ether oxygens (including phenoxy) is 3. The van der Waals surface area contributed by atoms with Crippen LogP contribution in [0.1, 0.15) is 55.4 Å². The fourth-order valence-corrected chi connectivity index (χ4v) is 3.73. The summed E-state index contributed by atoms with van der Waals surface area (Å²) < 4.78 is 17.0. The zero-order valence-electron chi connectivity index (χ0n) is 17.2. The predicted octanol–water partition coefficient (Wildman–Crippen LogP) is 5.60. The molecule has 1 aliphatic rings. The third kappa shape index (κ3) is 4.06. The van der Waals surface area contributed by atoms with E-state index in [1.54, 1.807) is 7.11 Å². The van der Waals surface area contributed by atoms with Crippen LogP contribution in [0, 0.1) is 0 Å². The van der Waals surface area contributed by atoms with E-state index >= 15 is 0 Å². The summed E-state index contributed by atoms with van der Waals surface area (Å²) in [5, 5.41) is 0. The van der Waals surface area contributed by atoms with Crippen LogP contribution >= 0.6 is 0 Å². The van der Waals surface area contributed by atoms with Crippen molar-refractivity contribution >= 4 is 11.6 Å². The van der Waals surface area contributed by atoms with Crippen LogP contribution in [-0.2, 0) is 11.2 Å². The number of methoxy groups -OCH3 is 1. The van der Waals surface area contributed by atoms with Crippen molar-refractivity contribution in [2.24, 2.45) is 4.99 Å². The average molecular weight is 380 g/mol. The molecule has 148 valence electrons. The third-order valence-corrected chi connectivity index (χ3v) is 5.10. The maximum Gasteiger partial charge on any atom is 0.221 e. The maximum atomic E-state index is 5.73. The van der Waals surface area contributed by atoms with Crippen LogP contribution in [0.4, 0.5) is 0 Å². The van der Waals surface area contributed by atoms with Gasteiger partial charge in [-0.15, -0.1) is 0 Å². The Labute approximate surface area is 167 Å². The number of hydrogen-bond acceptors (Lipinski definition) is 4. The van der Waals surface area contributed by atoms with Gasteiger partial charge in [-0.1, -0.05) is 31.7 Å². The molecule has 0 saturated carbocycles. The molecule has 1 atom stereocenters. The highest BCUT2D eigenvalue weighted by atomic mass is 16.5. The fraction of sp³-hybridized carbons (Fsp3) is 0.375. The van der Waals surface area contributed by atoms with Crippen molar-refractivity contribution < 1.29 is 14.2 Å². The van der Waals surface area contributed by atoms with Gasteiger partial charge in [0.1, 0.15) is 0 Å². The standard InChI is InChI=1S/C24H29NO3/c1-6-27-22-14-12-18(15-23(22)28-7-2)24(26-5)25-17(4)20-10-8-9-19-16(3)11-13-21(19)20/h8-10,12,14-16H,4,6-7,11,13H2,1-3,5H3. The monoisotopic (exact) mass is 379 g/mol. The van der Waals surface area contributed by atoms with E-state index in [4.69, 9.17) is 19.2 Å². The highest BCUT2D eigenvalue weighted by Crippen LogP contribution is 2.37. The molecular weight excluding hydrogens is 350 g/mol. The third-order valence-electron chi connectivity index (χ3n) is 5.10. The first-order chi connectivity index (χ1) is 13.6. The Morgan fingerprint density at radius 2 is 1.86 bits per heavy atom. The maximum absolute atomic E-state index is 5.73. The van der Waals surface area contributed by atoms with Gasteiger partial charge in [0.05, 0.1) is 26.0 Å². The number of fused-ring (bicyclic) bond motifs is 1. The Bertz CT molecular complexity index is 885. The molecule has 3 rings (SSSR count). The Morgan fingerprint density at radius 1 is 1.11 bits per heavy atom. The normalized spacial score (nSPS) is 15.9. The minimum Gasteiger partial charge on any atom is -0.490 e. The number of hydrogen-bond donors (Lipinski definition) is 0. The minimum atomic E-state index is 0.512. The van der Waals surface area contributed by atoms with Crippen LogP contribution in [0.2, 0.25) is 0 Å². The molecule has 0 aromatic heterocycles. The Balaban J connectivity index is 1.94. The summed E-state index contributed by atoms with van der Waals surface area (Å²) in [7, 11) is 1.63. The molecule has 2 aromatic carbocycles. The van der Waals surface area contributed by atoms with Gasteiger partial charge in [0, 0.05) is 11.1 Å². The van der Waals surface area contributed by atoms with Gasteiger partial charge in [-0.05, 0) is 61.9 Å². The molecular formula is C24H29NO3. The number of nitrogens with zero attached hydrogens (tertiary/aromatic N) is 1. The van der Waals surface area contributed by atoms with Crippen molar-refractivity contribution in [1.82, 2.24) is 0 Å². The molecule has 0 heterocycles. The first kappa shape index (κ1) is 20.0. The van der Waals surface area contributed by atoms with E-state index in [1.165, 1.54) is 17.5 Å². The zero-order chi connectivity index (χ0) is 20.1. The molecule has 0 N–H and O–H groups in total. The Hall–Kier alpha value is -2.75. The van der Waals surface area contributed by atoms with E-state index in [0.29, 0.717) is 30.8 Å². The smallest absolute Gasteiger partial charge is 0.221 e. The van der Waals surface area contributed by atoms with Crippen LogP contribution in [0.25, 0.3) is 5.70 Å². The van der Waals surface area contributed by atoms with Crippen molar-refractivity contribution in [2.75, 3.05) is 20.3 Å². The molecule has 2 aromatic rings. The lowest BCUT2D eigenvalue weighted by Gasteiger charge is -2.14. The Morgan fingerprint density at radius 3 is 2.57 bits per heavy atom. The van der Waals surface area contributed by atoms with Crippen LogP contribution < -0.4 is 9.47 Å². The van der Waals surface area contributed by atoms with Gasteiger partial charge in [-0.25, -0.2) is 4.99 Å². The predicted molar refractivity (Wildman–Crippen MR) is 115 cm³/mol. The van der Waals surface area contributed by atoms with Gasteiger partial charge >= 0.3 is 0 Å². The van der Waals surface area contributed by atoms with Crippen LogP contribution in [0.3, 0.4) is 0 Å². The molecule has 0 saturated heterocycles. The highest BCUT2D eigenvalue weighted by Gasteiger charge is 2.22. The first-order valence-corrected chi connectivity index (χ1v) is 9.92. The molecule has 0 radical (unpaired) electrons. The lowest BCUT2D eigenvalue weighted by atomic mass is 9.98. The van der Waals surface area contributed by atoms with Crippen molar-refractivity contribution in [2.45, 2.75) is 39.5 Å². The molecule has 1 aliphatic carbocycles. The number of benzene rings is 2. The van der Waals surface area contributed by atoms with Gasteiger partial charge in [-0.3, -0.25) is 0 Å². The quantitative estimate of drug-likeness (QED) is 0.464. The lowest BCUT2D eigenvalue weighted by Crippen LogP contribution is -2.06. The molecule has 0 fully saturated rings. The molecule has 0 aliphatic heterocycles. The average Bonchev–Trinajstić information content (AvgIpc) is 3.09. The molecule has 4 heteroatoms. The van der Waals surface area contributed by atoms with Crippen molar-refractivity contribution in [3.05, 3.63) is 65.2 Å². The summed E-state index contributed by atoms with van der Waals surface area (Å²) in [6.07, 6.45) is 2.25. The van der Waals surface area contributed by atoms with E-state index in [-0.39, 0.29) is 0 Å². The van der Waals surface area contributed by atoms with E-state index in [9.17, 15) is 0 Å². The molecule has 0 spiro atoms. The first-order valence-electron chi connectivity index (χ1n) is 9.92.